The lowest BCUT2D eigenvalue weighted by molar-refractivity contribution is -0.384. The van der Waals surface area contributed by atoms with E-state index < -0.39 is 10.9 Å². The van der Waals surface area contributed by atoms with Crippen molar-refractivity contribution in [2.45, 2.75) is 27.2 Å². The fourth-order valence-corrected chi connectivity index (χ4v) is 3.02. The number of carboxylic acids is 1. The summed E-state index contributed by atoms with van der Waals surface area (Å²) in [6.07, 6.45) is 0.481. The maximum Gasteiger partial charge on any atom is 0.339 e. The molecule has 0 fully saturated rings. The standard InChI is InChI=1S/C20H19N3O4/c1-4-17-18(20(24)25)19(14-6-9-15(10-7-14)23(26)27)21-22(17)16-8-5-12(2)13(3)11-16/h5-11H,4H2,1-3H3,(H,24,25). The van der Waals surface area contributed by atoms with Gasteiger partial charge in [0.15, 0.2) is 0 Å². The molecule has 0 amide bonds. The van der Waals surface area contributed by atoms with E-state index in [0.29, 0.717) is 23.4 Å². The van der Waals surface area contributed by atoms with Gasteiger partial charge in [0.2, 0.25) is 0 Å². The highest BCUT2D eigenvalue weighted by Gasteiger charge is 2.24. The number of benzene rings is 2. The summed E-state index contributed by atoms with van der Waals surface area (Å²) in [5.41, 5.74) is 4.47. The Kier molecular flexibility index (Phi) is 4.77. The molecule has 7 heteroatoms. The number of hydrogen-bond acceptors (Lipinski definition) is 4. The van der Waals surface area contributed by atoms with Crippen LogP contribution in [0.1, 0.15) is 34.1 Å². The molecule has 0 atom stereocenters. The van der Waals surface area contributed by atoms with Crippen LogP contribution < -0.4 is 0 Å². The Hall–Kier alpha value is -3.48. The number of nitro groups is 1. The summed E-state index contributed by atoms with van der Waals surface area (Å²) in [4.78, 5) is 22.3. The van der Waals surface area contributed by atoms with Gasteiger partial charge in [-0.3, -0.25) is 10.1 Å². The van der Waals surface area contributed by atoms with Crippen molar-refractivity contribution in [2.75, 3.05) is 0 Å². The molecule has 138 valence electrons. The maximum absolute atomic E-state index is 12.0. The number of carboxylic acid groups (broad SMARTS) is 1. The van der Waals surface area contributed by atoms with E-state index in [1.165, 1.54) is 24.3 Å². The van der Waals surface area contributed by atoms with Gasteiger partial charge in [-0.15, -0.1) is 0 Å². The molecule has 3 aromatic rings. The van der Waals surface area contributed by atoms with E-state index in [2.05, 4.69) is 5.10 Å². The normalized spacial score (nSPS) is 10.8. The molecule has 0 saturated carbocycles. The summed E-state index contributed by atoms with van der Waals surface area (Å²) in [7, 11) is 0. The molecule has 7 nitrogen and oxygen atoms in total. The number of non-ortho nitro benzene ring substituents is 1. The van der Waals surface area contributed by atoms with Crippen molar-refractivity contribution in [1.29, 1.82) is 0 Å². The van der Waals surface area contributed by atoms with Crippen molar-refractivity contribution < 1.29 is 14.8 Å². The van der Waals surface area contributed by atoms with E-state index in [1.807, 2.05) is 39.0 Å². The van der Waals surface area contributed by atoms with Crippen LogP contribution in [0.15, 0.2) is 42.5 Å². The van der Waals surface area contributed by atoms with E-state index in [4.69, 9.17) is 0 Å². The number of aromatic nitrogens is 2. The molecular formula is C20H19N3O4. The summed E-state index contributed by atoms with van der Waals surface area (Å²) in [6, 6.07) is 11.6. The molecule has 2 aromatic carbocycles. The molecule has 1 heterocycles. The second-order valence-corrected chi connectivity index (χ2v) is 6.31. The van der Waals surface area contributed by atoms with Gasteiger partial charge in [-0.1, -0.05) is 13.0 Å². The topological polar surface area (TPSA) is 98.3 Å². The molecule has 0 aliphatic rings. The van der Waals surface area contributed by atoms with Crippen molar-refractivity contribution in [3.63, 3.8) is 0 Å². The first-order valence-electron chi connectivity index (χ1n) is 8.51. The van der Waals surface area contributed by atoms with E-state index in [-0.39, 0.29) is 11.3 Å². The first-order valence-corrected chi connectivity index (χ1v) is 8.51. The third-order valence-corrected chi connectivity index (χ3v) is 4.62. The van der Waals surface area contributed by atoms with Crippen LogP contribution in [0.2, 0.25) is 0 Å². The van der Waals surface area contributed by atoms with E-state index in [0.717, 1.165) is 16.8 Å². The number of nitrogens with zero attached hydrogens (tertiary/aromatic N) is 3. The van der Waals surface area contributed by atoms with E-state index in [9.17, 15) is 20.0 Å². The van der Waals surface area contributed by atoms with E-state index >= 15 is 0 Å². The summed E-state index contributed by atoms with van der Waals surface area (Å²) < 4.78 is 1.65. The summed E-state index contributed by atoms with van der Waals surface area (Å²) in [5.74, 6) is -1.07. The molecule has 0 unspecified atom stereocenters. The molecule has 0 saturated heterocycles. The number of hydrogen-bond donors (Lipinski definition) is 1. The minimum Gasteiger partial charge on any atom is -0.478 e. The predicted octanol–water partition coefficient (Wildman–Crippen LogP) is 4.32. The molecular weight excluding hydrogens is 346 g/mol. The Morgan fingerprint density at radius 2 is 1.81 bits per heavy atom. The second-order valence-electron chi connectivity index (χ2n) is 6.31. The van der Waals surface area contributed by atoms with Crippen LogP contribution in [0, 0.1) is 24.0 Å². The van der Waals surface area contributed by atoms with Crippen molar-refractivity contribution in [2.24, 2.45) is 0 Å². The van der Waals surface area contributed by atoms with Gasteiger partial charge in [-0.2, -0.15) is 5.10 Å². The van der Waals surface area contributed by atoms with Gasteiger partial charge >= 0.3 is 5.97 Å². The van der Waals surface area contributed by atoms with Crippen LogP contribution in [0.5, 0.6) is 0 Å². The van der Waals surface area contributed by atoms with Crippen LogP contribution in [0.4, 0.5) is 5.69 Å². The predicted molar refractivity (Wildman–Crippen MR) is 101 cm³/mol. The average molecular weight is 365 g/mol. The molecule has 0 aliphatic heterocycles. The van der Waals surface area contributed by atoms with Crippen molar-refractivity contribution in [3.05, 3.63) is 75.0 Å². The van der Waals surface area contributed by atoms with Crippen molar-refractivity contribution >= 4 is 11.7 Å². The molecule has 1 aromatic heterocycles. The average Bonchev–Trinajstić information content (AvgIpc) is 3.04. The number of nitro benzene ring substituents is 1. The van der Waals surface area contributed by atoms with Crippen LogP contribution >= 0.6 is 0 Å². The van der Waals surface area contributed by atoms with Gasteiger partial charge in [-0.05, 0) is 55.7 Å². The van der Waals surface area contributed by atoms with Gasteiger partial charge < -0.3 is 5.11 Å². The lowest BCUT2D eigenvalue weighted by Crippen LogP contribution is -2.06. The molecule has 0 aliphatic carbocycles. The zero-order chi connectivity index (χ0) is 19.7. The van der Waals surface area contributed by atoms with Gasteiger partial charge in [-0.25, -0.2) is 9.48 Å². The van der Waals surface area contributed by atoms with Crippen LogP contribution in [0.25, 0.3) is 16.9 Å². The zero-order valence-corrected chi connectivity index (χ0v) is 15.3. The molecule has 3 rings (SSSR count). The fraction of sp³-hybridized carbons (Fsp3) is 0.200. The highest BCUT2D eigenvalue weighted by Crippen LogP contribution is 2.30. The first-order chi connectivity index (χ1) is 12.8. The van der Waals surface area contributed by atoms with Crippen molar-refractivity contribution in [3.8, 4) is 16.9 Å². The lowest BCUT2D eigenvalue weighted by Gasteiger charge is -2.09. The third-order valence-electron chi connectivity index (χ3n) is 4.62. The van der Waals surface area contributed by atoms with Crippen molar-refractivity contribution in [1.82, 2.24) is 9.78 Å². The number of aryl methyl sites for hydroxylation is 2. The Morgan fingerprint density at radius 3 is 2.33 bits per heavy atom. The first kappa shape index (κ1) is 18.3. The SMILES string of the molecule is CCc1c(C(=O)O)c(-c2ccc([N+](=O)[O-])cc2)nn1-c1ccc(C)c(C)c1. The smallest absolute Gasteiger partial charge is 0.339 e. The molecule has 0 spiro atoms. The number of carbonyl (C=O) groups is 1. The summed E-state index contributed by atoms with van der Waals surface area (Å²) in [6.45, 7) is 5.87. The quantitative estimate of drug-likeness (QED) is 0.536. The monoisotopic (exact) mass is 365 g/mol. The second kappa shape index (κ2) is 7.03. The summed E-state index contributed by atoms with van der Waals surface area (Å²) >= 11 is 0. The minimum absolute atomic E-state index is 0.0556. The Balaban J connectivity index is 2.22. The number of aromatic carboxylic acids is 1. The molecule has 27 heavy (non-hydrogen) atoms. The van der Waals surface area contributed by atoms with E-state index in [1.54, 1.807) is 4.68 Å². The van der Waals surface area contributed by atoms with Crippen LogP contribution in [0.3, 0.4) is 0 Å². The van der Waals surface area contributed by atoms with Gasteiger partial charge in [0.05, 0.1) is 16.3 Å². The molecule has 0 bridgehead atoms. The van der Waals surface area contributed by atoms with Gasteiger partial charge in [0.1, 0.15) is 11.3 Å². The van der Waals surface area contributed by atoms with Gasteiger partial charge in [0, 0.05) is 17.7 Å². The highest BCUT2D eigenvalue weighted by atomic mass is 16.6. The van der Waals surface area contributed by atoms with Gasteiger partial charge in [0.25, 0.3) is 5.69 Å². The molecule has 0 radical (unpaired) electrons. The third kappa shape index (κ3) is 3.31. The van der Waals surface area contributed by atoms with Crippen LogP contribution in [-0.4, -0.2) is 25.8 Å². The Labute approximate surface area is 156 Å². The molecule has 1 N–H and O–H groups in total. The summed E-state index contributed by atoms with van der Waals surface area (Å²) in [5, 5.41) is 25.2. The largest absolute Gasteiger partial charge is 0.478 e. The fourth-order valence-electron chi connectivity index (χ4n) is 3.02. The lowest BCUT2D eigenvalue weighted by atomic mass is 10.0. The highest BCUT2D eigenvalue weighted by molar-refractivity contribution is 5.96. The van der Waals surface area contributed by atoms with Crippen LogP contribution in [-0.2, 0) is 6.42 Å². The Bertz CT molecular complexity index is 1040. The Morgan fingerprint density at radius 1 is 1.15 bits per heavy atom. The number of rotatable bonds is 5. The zero-order valence-electron chi connectivity index (χ0n) is 15.3. The minimum atomic E-state index is -1.07. The maximum atomic E-state index is 12.0.